The zero-order valence-corrected chi connectivity index (χ0v) is 13.2. The Morgan fingerprint density at radius 1 is 1.27 bits per heavy atom. The molecule has 2 aliphatic carbocycles. The Balaban J connectivity index is 1.88. The van der Waals surface area contributed by atoms with Gasteiger partial charge in [0.1, 0.15) is 5.82 Å². The standard InChI is InChI=1S/C20H24FN/c1-2-22-20-12-9-16-14-17(21)10-11-18(16)19(20)13-15-7-5-3-4-6-8-15/h3-5,7-8,10-11,14,19-20,22H,2,6,9,12-13H2,1H3. The summed E-state index contributed by atoms with van der Waals surface area (Å²) in [6, 6.07) is 5.81. The van der Waals surface area contributed by atoms with Gasteiger partial charge in [0, 0.05) is 12.0 Å². The zero-order chi connectivity index (χ0) is 15.4. The normalized spacial score (nSPS) is 23.8. The van der Waals surface area contributed by atoms with Crippen LogP contribution in [-0.2, 0) is 6.42 Å². The Kier molecular flexibility index (Phi) is 4.89. The van der Waals surface area contributed by atoms with Gasteiger partial charge in [-0.05, 0) is 55.5 Å². The molecule has 0 amide bonds. The summed E-state index contributed by atoms with van der Waals surface area (Å²) in [6.07, 6.45) is 15.0. The van der Waals surface area contributed by atoms with E-state index in [4.69, 9.17) is 0 Å². The number of halogens is 1. The summed E-state index contributed by atoms with van der Waals surface area (Å²) in [5.41, 5.74) is 3.90. The fraction of sp³-hybridized carbons (Fsp3) is 0.400. The monoisotopic (exact) mass is 297 g/mol. The van der Waals surface area contributed by atoms with E-state index in [-0.39, 0.29) is 5.82 Å². The van der Waals surface area contributed by atoms with Crippen LogP contribution in [0, 0.1) is 5.82 Å². The molecule has 22 heavy (non-hydrogen) atoms. The molecule has 0 bridgehead atoms. The second-order valence-electron chi connectivity index (χ2n) is 6.16. The summed E-state index contributed by atoms with van der Waals surface area (Å²) in [6.45, 7) is 3.14. The molecule has 0 radical (unpaired) electrons. The van der Waals surface area contributed by atoms with Gasteiger partial charge in [0.15, 0.2) is 0 Å². The lowest BCUT2D eigenvalue weighted by atomic mass is 9.76. The molecule has 1 aromatic carbocycles. The van der Waals surface area contributed by atoms with Crippen molar-refractivity contribution < 1.29 is 4.39 Å². The largest absolute Gasteiger partial charge is 0.314 e. The number of allylic oxidation sites excluding steroid dienone is 6. The number of fused-ring (bicyclic) bond motifs is 1. The zero-order valence-electron chi connectivity index (χ0n) is 13.2. The van der Waals surface area contributed by atoms with Gasteiger partial charge in [0.05, 0.1) is 0 Å². The van der Waals surface area contributed by atoms with Crippen LogP contribution in [0.4, 0.5) is 4.39 Å². The molecule has 0 saturated heterocycles. The Hall–Kier alpha value is -1.67. The molecule has 0 aromatic heterocycles. The van der Waals surface area contributed by atoms with Crippen molar-refractivity contribution in [2.75, 3.05) is 6.54 Å². The summed E-state index contributed by atoms with van der Waals surface area (Å²) >= 11 is 0. The van der Waals surface area contributed by atoms with Crippen molar-refractivity contribution >= 4 is 0 Å². The van der Waals surface area contributed by atoms with Crippen LogP contribution in [0.5, 0.6) is 0 Å². The Labute approximate surface area is 132 Å². The molecular weight excluding hydrogens is 273 g/mol. The van der Waals surface area contributed by atoms with Crippen molar-refractivity contribution in [1.82, 2.24) is 5.32 Å². The van der Waals surface area contributed by atoms with Gasteiger partial charge in [-0.25, -0.2) is 4.39 Å². The van der Waals surface area contributed by atoms with Crippen LogP contribution in [0.15, 0.2) is 54.2 Å². The van der Waals surface area contributed by atoms with Crippen LogP contribution < -0.4 is 5.32 Å². The molecule has 0 spiro atoms. The first-order chi connectivity index (χ1) is 10.8. The smallest absolute Gasteiger partial charge is 0.123 e. The maximum Gasteiger partial charge on any atom is 0.123 e. The van der Waals surface area contributed by atoms with Gasteiger partial charge < -0.3 is 5.32 Å². The summed E-state index contributed by atoms with van der Waals surface area (Å²) < 4.78 is 13.5. The lowest BCUT2D eigenvalue weighted by Crippen LogP contribution is -2.38. The molecule has 2 heteroatoms. The molecule has 0 aliphatic heterocycles. The van der Waals surface area contributed by atoms with Gasteiger partial charge in [-0.15, -0.1) is 0 Å². The van der Waals surface area contributed by atoms with Crippen molar-refractivity contribution in [3.05, 3.63) is 71.1 Å². The highest BCUT2D eigenvalue weighted by Gasteiger charge is 2.29. The van der Waals surface area contributed by atoms with Crippen LogP contribution in [0.1, 0.15) is 43.2 Å². The van der Waals surface area contributed by atoms with Crippen molar-refractivity contribution in [3.8, 4) is 0 Å². The van der Waals surface area contributed by atoms with E-state index >= 15 is 0 Å². The number of hydrogen-bond acceptors (Lipinski definition) is 1. The Morgan fingerprint density at radius 3 is 3.05 bits per heavy atom. The first-order valence-electron chi connectivity index (χ1n) is 8.32. The summed E-state index contributed by atoms with van der Waals surface area (Å²) in [5, 5.41) is 3.63. The maximum atomic E-state index is 13.5. The fourth-order valence-electron chi connectivity index (χ4n) is 3.67. The van der Waals surface area contributed by atoms with Crippen LogP contribution in [0.2, 0.25) is 0 Å². The minimum Gasteiger partial charge on any atom is -0.314 e. The van der Waals surface area contributed by atoms with Gasteiger partial charge in [-0.3, -0.25) is 0 Å². The Morgan fingerprint density at radius 2 is 2.18 bits per heavy atom. The first-order valence-corrected chi connectivity index (χ1v) is 8.32. The van der Waals surface area contributed by atoms with Crippen molar-refractivity contribution in [2.24, 2.45) is 0 Å². The number of likely N-dealkylation sites (N-methyl/N-ethyl adjacent to an activating group) is 1. The van der Waals surface area contributed by atoms with Gasteiger partial charge in [-0.2, -0.15) is 0 Å². The first kappa shape index (κ1) is 15.2. The molecule has 1 aromatic rings. The molecular formula is C20H24FN. The van der Waals surface area contributed by atoms with Crippen molar-refractivity contribution in [3.63, 3.8) is 0 Å². The van der Waals surface area contributed by atoms with Crippen LogP contribution in [0.3, 0.4) is 0 Å². The molecule has 2 atom stereocenters. The lowest BCUT2D eigenvalue weighted by molar-refractivity contribution is 0.391. The van der Waals surface area contributed by atoms with E-state index in [1.807, 2.05) is 6.07 Å². The number of nitrogens with one attached hydrogen (secondary N) is 1. The predicted octanol–water partition coefficient (Wildman–Crippen LogP) is 4.67. The lowest BCUT2D eigenvalue weighted by Gasteiger charge is -2.34. The predicted molar refractivity (Wildman–Crippen MR) is 90.5 cm³/mol. The Bertz CT molecular complexity index is 612. The van der Waals surface area contributed by atoms with E-state index < -0.39 is 0 Å². The van der Waals surface area contributed by atoms with E-state index in [2.05, 4.69) is 42.6 Å². The number of aryl methyl sites for hydroxylation is 1. The summed E-state index contributed by atoms with van der Waals surface area (Å²) in [4.78, 5) is 0. The number of rotatable bonds is 4. The van der Waals surface area contributed by atoms with Crippen LogP contribution >= 0.6 is 0 Å². The van der Waals surface area contributed by atoms with Gasteiger partial charge in [0.2, 0.25) is 0 Å². The highest BCUT2D eigenvalue weighted by molar-refractivity contribution is 5.38. The van der Waals surface area contributed by atoms with Gasteiger partial charge in [-0.1, -0.05) is 48.9 Å². The summed E-state index contributed by atoms with van der Waals surface area (Å²) in [7, 11) is 0. The average molecular weight is 297 g/mol. The molecule has 1 N–H and O–H groups in total. The second kappa shape index (κ2) is 7.06. The van der Waals surface area contributed by atoms with Crippen molar-refractivity contribution in [1.29, 1.82) is 0 Å². The molecule has 3 rings (SSSR count). The third-order valence-corrected chi connectivity index (χ3v) is 4.71. The highest BCUT2D eigenvalue weighted by atomic mass is 19.1. The van der Waals surface area contributed by atoms with Crippen LogP contribution in [0.25, 0.3) is 0 Å². The molecule has 0 fully saturated rings. The molecule has 2 aliphatic rings. The highest BCUT2D eigenvalue weighted by Crippen LogP contribution is 2.37. The summed E-state index contributed by atoms with van der Waals surface area (Å²) in [5.74, 6) is 0.315. The fourth-order valence-corrected chi connectivity index (χ4v) is 3.67. The third kappa shape index (κ3) is 3.38. The number of hydrogen-bond donors (Lipinski definition) is 1. The van der Waals surface area contributed by atoms with E-state index in [0.29, 0.717) is 12.0 Å². The maximum absolute atomic E-state index is 13.5. The molecule has 0 saturated carbocycles. The van der Waals surface area contributed by atoms with E-state index in [1.165, 1.54) is 16.7 Å². The molecule has 2 unspecified atom stereocenters. The van der Waals surface area contributed by atoms with Crippen LogP contribution in [-0.4, -0.2) is 12.6 Å². The van der Waals surface area contributed by atoms with E-state index in [0.717, 1.165) is 32.2 Å². The minimum absolute atomic E-state index is 0.114. The molecule has 0 heterocycles. The molecule has 116 valence electrons. The second-order valence-corrected chi connectivity index (χ2v) is 6.16. The van der Waals surface area contributed by atoms with E-state index in [1.54, 1.807) is 12.1 Å². The minimum atomic E-state index is -0.114. The van der Waals surface area contributed by atoms with E-state index in [9.17, 15) is 4.39 Å². The molecule has 1 nitrogen and oxygen atoms in total. The van der Waals surface area contributed by atoms with Crippen molar-refractivity contribution in [2.45, 2.75) is 44.6 Å². The van der Waals surface area contributed by atoms with Gasteiger partial charge >= 0.3 is 0 Å². The topological polar surface area (TPSA) is 12.0 Å². The van der Waals surface area contributed by atoms with Gasteiger partial charge in [0.25, 0.3) is 0 Å². The third-order valence-electron chi connectivity index (χ3n) is 4.71. The SMILES string of the molecule is CCNC1CCc2cc(F)ccc2C1CC1=CCC=CC=C1. The quantitative estimate of drug-likeness (QED) is 0.852. The average Bonchev–Trinajstić information content (AvgIpc) is 2.78. The number of benzene rings is 1.